The van der Waals surface area contributed by atoms with Gasteiger partial charge in [0, 0.05) is 24.0 Å². The van der Waals surface area contributed by atoms with Crippen LogP contribution in [0.3, 0.4) is 0 Å². The Morgan fingerprint density at radius 1 is 0.375 bits per heavy atom. The van der Waals surface area contributed by atoms with Crippen LogP contribution in [0.2, 0.25) is 0 Å². The lowest BCUT2D eigenvalue weighted by atomic mass is 10.0. The van der Waals surface area contributed by atoms with Gasteiger partial charge < -0.3 is 9.47 Å². The molecule has 4 aromatic carbocycles. The van der Waals surface area contributed by atoms with Crippen LogP contribution in [0.1, 0.15) is 84.9 Å². The second-order valence-electron chi connectivity index (χ2n) is 10.1. The minimum atomic E-state index is 0.189. The molecule has 4 nitrogen and oxygen atoms in total. The fourth-order valence-electron chi connectivity index (χ4n) is 4.59. The summed E-state index contributed by atoms with van der Waals surface area (Å²) in [6.45, 7) is 0. The molecule has 0 heterocycles. The first kappa shape index (κ1) is 28.8. The molecule has 0 saturated carbocycles. The van der Waals surface area contributed by atoms with Crippen molar-refractivity contribution in [3.05, 3.63) is 120 Å². The Balaban J connectivity index is 1.01. The Morgan fingerprint density at radius 3 is 1.02 bits per heavy atom. The molecule has 0 saturated heterocycles. The molecule has 4 rings (SSSR count). The molecule has 0 radical (unpaired) electrons. The van der Waals surface area contributed by atoms with Crippen molar-refractivity contribution in [3.8, 4) is 23.0 Å². The molecule has 0 amide bonds. The van der Waals surface area contributed by atoms with E-state index in [0.717, 1.165) is 72.6 Å². The first-order chi connectivity index (χ1) is 19.7. The van der Waals surface area contributed by atoms with Gasteiger partial charge in [-0.05, 0) is 85.6 Å². The van der Waals surface area contributed by atoms with Crippen LogP contribution in [0.15, 0.2) is 109 Å². The number of unbranched alkanes of at least 4 members (excludes halogenated alkanes) is 7. The molecular weight excluding hydrogens is 496 g/mol. The Hall–Kier alpha value is -4.18. The molecule has 0 fully saturated rings. The molecule has 0 atom stereocenters. The summed E-state index contributed by atoms with van der Waals surface area (Å²) in [5, 5.41) is 0. The molecule has 206 valence electrons. The lowest BCUT2D eigenvalue weighted by Crippen LogP contribution is -1.99. The quantitative estimate of drug-likeness (QED) is 0.0999. The standard InChI is InChI=1S/C36H38O4/c37-35(29-21-25-33(26-22-29)39-31-15-9-7-10-16-31)19-13-5-3-1-2-4-6-14-20-36(38)30-23-27-34(28-24-30)40-32-17-11-8-12-18-32/h7-12,15-18,21-28H,1-6,13-14,19-20H2. The Kier molecular flexibility index (Phi) is 11.6. The molecule has 0 aliphatic carbocycles. The second kappa shape index (κ2) is 16.0. The molecule has 0 spiro atoms. The summed E-state index contributed by atoms with van der Waals surface area (Å²) in [4.78, 5) is 25.0. The van der Waals surface area contributed by atoms with Crippen molar-refractivity contribution < 1.29 is 19.1 Å². The monoisotopic (exact) mass is 534 g/mol. The summed E-state index contributed by atoms with van der Waals surface area (Å²) in [6, 6.07) is 34.1. The second-order valence-corrected chi connectivity index (χ2v) is 10.1. The van der Waals surface area contributed by atoms with Gasteiger partial charge in [-0.2, -0.15) is 0 Å². The van der Waals surface area contributed by atoms with Crippen molar-refractivity contribution in [2.75, 3.05) is 0 Å². The van der Waals surface area contributed by atoms with Crippen LogP contribution in [0, 0.1) is 0 Å². The third-order valence-corrected chi connectivity index (χ3v) is 6.87. The van der Waals surface area contributed by atoms with Crippen LogP contribution in [0.4, 0.5) is 0 Å². The Labute approximate surface area is 238 Å². The third kappa shape index (κ3) is 9.85. The van der Waals surface area contributed by atoms with Gasteiger partial charge in [-0.15, -0.1) is 0 Å². The number of rotatable bonds is 17. The van der Waals surface area contributed by atoms with Crippen molar-refractivity contribution in [2.24, 2.45) is 0 Å². The predicted molar refractivity (Wildman–Crippen MR) is 161 cm³/mol. The topological polar surface area (TPSA) is 52.6 Å². The highest BCUT2D eigenvalue weighted by atomic mass is 16.5. The van der Waals surface area contributed by atoms with E-state index in [2.05, 4.69) is 0 Å². The molecule has 0 unspecified atom stereocenters. The highest BCUT2D eigenvalue weighted by Crippen LogP contribution is 2.23. The van der Waals surface area contributed by atoms with Crippen LogP contribution in [0.25, 0.3) is 0 Å². The van der Waals surface area contributed by atoms with E-state index in [-0.39, 0.29) is 11.6 Å². The van der Waals surface area contributed by atoms with E-state index in [4.69, 9.17) is 9.47 Å². The maximum atomic E-state index is 12.5. The first-order valence-corrected chi connectivity index (χ1v) is 14.4. The SMILES string of the molecule is O=C(CCCCCCCCCCC(=O)c1ccc(Oc2ccccc2)cc1)c1ccc(Oc2ccccc2)cc1. The van der Waals surface area contributed by atoms with Crippen LogP contribution in [-0.2, 0) is 0 Å². The Morgan fingerprint density at radius 2 is 0.675 bits per heavy atom. The van der Waals surface area contributed by atoms with Gasteiger partial charge in [0.05, 0.1) is 0 Å². The molecule has 40 heavy (non-hydrogen) atoms. The number of benzene rings is 4. The molecule has 4 aromatic rings. The van der Waals surface area contributed by atoms with Gasteiger partial charge in [-0.3, -0.25) is 9.59 Å². The van der Waals surface area contributed by atoms with Crippen molar-refractivity contribution in [1.82, 2.24) is 0 Å². The Bertz CT molecular complexity index is 1190. The third-order valence-electron chi connectivity index (χ3n) is 6.87. The number of carbonyl (C=O) groups is 2. The van der Waals surface area contributed by atoms with Gasteiger partial charge in [0.2, 0.25) is 0 Å². The molecule has 0 bridgehead atoms. The van der Waals surface area contributed by atoms with Crippen molar-refractivity contribution in [3.63, 3.8) is 0 Å². The minimum absolute atomic E-state index is 0.189. The number of Topliss-reactive ketones (excluding diaryl/α,β-unsaturated/α-hetero) is 2. The van der Waals surface area contributed by atoms with Gasteiger partial charge in [0.1, 0.15) is 23.0 Å². The molecule has 0 N–H and O–H groups in total. The highest BCUT2D eigenvalue weighted by molar-refractivity contribution is 5.96. The number of hydrogen-bond acceptors (Lipinski definition) is 4. The van der Waals surface area contributed by atoms with Crippen molar-refractivity contribution in [1.29, 1.82) is 0 Å². The maximum absolute atomic E-state index is 12.5. The van der Waals surface area contributed by atoms with Gasteiger partial charge in [-0.1, -0.05) is 74.9 Å². The molecule has 0 aliphatic rings. The van der Waals surface area contributed by atoms with Gasteiger partial charge >= 0.3 is 0 Å². The lowest BCUT2D eigenvalue weighted by molar-refractivity contribution is 0.0970. The van der Waals surface area contributed by atoms with E-state index in [1.54, 1.807) is 0 Å². The zero-order valence-electron chi connectivity index (χ0n) is 23.1. The molecule has 4 heteroatoms. The summed E-state index contributed by atoms with van der Waals surface area (Å²) in [5.41, 5.74) is 1.48. The lowest BCUT2D eigenvalue weighted by Gasteiger charge is -2.07. The fourth-order valence-corrected chi connectivity index (χ4v) is 4.59. The van der Waals surface area contributed by atoms with Crippen LogP contribution >= 0.6 is 0 Å². The highest BCUT2D eigenvalue weighted by Gasteiger charge is 2.08. The summed E-state index contributed by atoms with van der Waals surface area (Å²) in [7, 11) is 0. The van der Waals surface area contributed by atoms with Gasteiger partial charge in [0.15, 0.2) is 11.6 Å². The minimum Gasteiger partial charge on any atom is -0.457 e. The predicted octanol–water partition coefficient (Wildman–Crippen LogP) is 10.2. The van der Waals surface area contributed by atoms with Gasteiger partial charge in [-0.25, -0.2) is 0 Å². The number of hydrogen-bond donors (Lipinski definition) is 0. The van der Waals surface area contributed by atoms with E-state index in [9.17, 15) is 9.59 Å². The van der Waals surface area contributed by atoms with E-state index in [0.29, 0.717) is 12.8 Å². The molecule has 0 aromatic heterocycles. The summed E-state index contributed by atoms with van der Waals surface area (Å²) >= 11 is 0. The average Bonchev–Trinajstić information content (AvgIpc) is 2.99. The normalized spacial score (nSPS) is 10.7. The summed E-state index contributed by atoms with van der Waals surface area (Å²) < 4.78 is 11.6. The van der Waals surface area contributed by atoms with Crippen LogP contribution < -0.4 is 9.47 Å². The molecular formula is C36H38O4. The molecule has 0 aliphatic heterocycles. The van der Waals surface area contributed by atoms with E-state index < -0.39 is 0 Å². The van der Waals surface area contributed by atoms with Crippen LogP contribution in [-0.4, -0.2) is 11.6 Å². The van der Waals surface area contributed by atoms with Crippen molar-refractivity contribution >= 4 is 11.6 Å². The largest absolute Gasteiger partial charge is 0.457 e. The maximum Gasteiger partial charge on any atom is 0.162 e. The average molecular weight is 535 g/mol. The van der Waals surface area contributed by atoms with E-state index in [1.807, 2.05) is 109 Å². The number of ketones is 2. The van der Waals surface area contributed by atoms with Crippen LogP contribution in [0.5, 0.6) is 23.0 Å². The fraction of sp³-hybridized carbons (Fsp3) is 0.278. The van der Waals surface area contributed by atoms with E-state index in [1.165, 1.54) is 12.8 Å². The van der Waals surface area contributed by atoms with E-state index >= 15 is 0 Å². The zero-order chi connectivity index (χ0) is 27.8. The first-order valence-electron chi connectivity index (χ1n) is 14.4. The van der Waals surface area contributed by atoms with Crippen molar-refractivity contribution in [2.45, 2.75) is 64.2 Å². The summed E-state index contributed by atoms with van der Waals surface area (Å²) in [5.74, 6) is 3.41. The zero-order valence-corrected chi connectivity index (χ0v) is 23.1. The number of carbonyl (C=O) groups excluding carboxylic acids is 2. The summed E-state index contributed by atoms with van der Waals surface area (Å²) in [6.07, 6.45) is 9.80. The number of ether oxygens (including phenoxy) is 2. The number of para-hydroxylation sites is 2. The smallest absolute Gasteiger partial charge is 0.162 e. The van der Waals surface area contributed by atoms with Gasteiger partial charge in [0.25, 0.3) is 0 Å².